The minimum atomic E-state index is -0.224. The van der Waals surface area contributed by atoms with Crippen molar-refractivity contribution in [3.05, 3.63) is 76.4 Å². The summed E-state index contributed by atoms with van der Waals surface area (Å²) in [6.45, 7) is 8.76. The van der Waals surface area contributed by atoms with Crippen LogP contribution in [0.15, 0.2) is 42.6 Å². The molecule has 146 valence electrons. The second-order valence-electron chi connectivity index (χ2n) is 8.40. The topological polar surface area (TPSA) is 31.6 Å². The van der Waals surface area contributed by atoms with Crippen LogP contribution in [0.2, 0.25) is 0 Å². The fourth-order valence-electron chi connectivity index (χ4n) is 4.87. The second-order valence-corrected chi connectivity index (χ2v) is 8.40. The molecule has 1 aliphatic rings. The number of aryl methyl sites for hydroxylation is 2. The van der Waals surface area contributed by atoms with Crippen molar-refractivity contribution in [2.45, 2.75) is 40.0 Å². The molecular weight excluding hydrogens is 359 g/mol. The molecule has 0 saturated carbocycles. The van der Waals surface area contributed by atoms with Crippen LogP contribution in [0, 0.1) is 19.7 Å². The number of hydrogen-bond donors (Lipinski definition) is 2. The van der Waals surface area contributed by atoms with Crippen LogP contribution in [0.25, 0.3) is 39.4 Å². The third-order valence-corrected chi connectivity index (χ3v) is 6.12. The van der Waals surface area contributed by atoms with E-state index in [9.17, 15) is 4.39 Å². The zero-order chi connectivity index (χ0) is 20.3. The number of H-pyrrole nitrogens is 2. The van der Waals surface area contributed by atoms with E-state index in [1.54, 1.807) is 12.1 Å². The summed E-state index contributed by atoms with van der Waals surface area (Å²) in [6, 6.07) is 9.70. The molecule has 2 aromatic carbocycles. The first-order chi connectivity index (χ1) is 14.0. The van der Waals surface area contributed by atoms with Gasteiger partial charge in [-0.15, -0.1) is 0 Å². The van der Waals surface area contributed by atoms with Gasteiger partial charge < -0.3 is 9.97 Å². The SMILES string of the molecule is Cc1ccc2c(c1-c1c(C)[nH]c(-c3cc(F)cc4[nH]ccc34)c1C(C)C)C=CC2. The Morgan fingerprint density at radius 2 is 1.86 bits per heavy atom. The first kappa shape index (κ1) is 18.0. The quantitative estimate of drug-likeness (QED) is 0.372. The van der Waals surface area contributed by atoms with Gasteiger partial charge in [-0.3, -0.25) is 0 Å². The number of aromatic nitrogens is 2. The molecule has 29 heavy (non-hydrogen) atoms. The number of benzene rings is 2. The number of hydrogen-bond acceptors (Lipinski definition) is 0. The van der Waals surface area contributed by atoms with Gasteiger partial charge in [0.05, 0.1) is 5.69 Å². The van der Waals surface area contributed by atoms with Crippen molar-refractivity contribution in [3.63, 3.8) is 0 Å². The minimum Gasteiger partial charge on any atom is -0.361 e. The molecule has 2 nitrogen and oxygen atoms in total. The molecule has 4 aromatic rings. The third kappa shape index (κ3) is 2.68. The van der Waals surface area contributed by atoms with E-state index in [1.807, 2.05) is 12.3 Å². The van der Waals surface area contributed by atoms with Gasteiger partial charge in [-0.25, -0.2) is 4.39 Å². The molecule has 2 aromatic heterocycles. The summed E-state index contributed by atoms with van der Waals surface area (Å²) in [5.41, 5.74) is 11.7. The number of fused-ring (bicyclic) bond motifs is 2. The van der Waals surface area contributed by atoms with Crippen molar-refractivity contribution >= 4 is 17.0 Å². The van der Waals surface area contributed by atoms with E-state index in [-0.39, 0.29) is 5.82 Å². The predicted molar refractivity (Wildman–Crippen MR) is 120 cm³/mol. The highest BCUT2D eigenvalue weighted by molar-refractivity contribution is 5.98. The highest BCUT2D eigenvalue weighted by atomic mass is 19.1. The van der Waals surface area contributed by atoms with Crippen LogP contribution in [-0.2, 0) is 6.42 Å². The third-order valence-electron chi connectivity index (χ3n) is 6.12. The molecule has 0 fully saturated rings. The average molecular weight is 384 g/mol. The normalized spacial score (nSPS) is 13.0. The molecule has 0 atom stereocenters. The molecule has 1 aliphatic carbocycles. The largest absolute Gasteiger partial charge is 0.361 e. The Kier molecular flexibility index (Phi) is 4.02. The van der Waals surface area contributed by atoms with E-state index in [2.05, 4.69) is 61.9 Å². The molecule has 2 heterocycles. The average Bonchev–Trinajstić information content (AvgIpc) is 3.39. The van der Waals surface area contributed by atoms with Crippen molar-refractivity contribution in [1.82, 2.24) is 9.97 Å². The van der Waals surface area contributed by atoms with Crippen LogP contribution in [0.4, 0.5) is 4.39 Å². The first-order valence-corrected chi connectivity index (χ1v) is 10.2. The Bertz CT molecular complexity index is 1280. The molecule has 3 heteroatoms. The Hall–Kier alpha value is -3.07. The zero-order valence-corrected chi connectivity index (χ0v) is 17.3. The smallest absolute Gasteiger partial charge is 0.125 e. The van der Waals surface area contributed by atoms with E-state index >= 15 is 0 Å². The van der Waals surface area contributed by atoms with Gasteiger partial charge in [0.1, 0.15) is 5.82 Å². The summed E-state index contributed by atoms with van der Waals surface area (Å²) in [6.07, 6.45) is 7.35. The summed E-state index contributed by atoms with van der Waals surface area (Å²) < 4.78 is 14.4. The van der Waals surface area contributed by atoms with Gasteiger partial charge in [-0.1, -0.05) is 38.1 Å². The van der Waals surface area contributed by atoms with Crippen molar-refractivity contribution in [1.29, 1.82) is 0 Å². The van der Waals surface area contributed by atoms with Crippen LogP contribution in [0.3, 0.4) is 0 Å². The Morgan fingerprint density at radius 3 is 2.66 bits per heavy atom. The van der Waals surface area contributed by atoms with Crippen molar-refractivity contribution < 1.29 is 4.39 Å². The molecule has 0 aliphatic heterocycles. The van der Waals surface area contributed by atoms with Crippen molar-refractivity contribution in [2.24, 2.45) is 0 Å². The Balaban J connectivity index is 1.86. The van der Waals surface area contributed by atoms with Crippen LogP contribution >= 0.6 is 0 Å². The zero-order valence-electron chi connectivity index (χ0n) is 17.3. The summed E-state index contributed by atoms with van der Waals surface area (Å²) in [5.74, 6) is 0.0704. The van der Waals surface area contributed by atoms with Gasteiger partial charge in [-0.2, -0.15) is 0 Å². The molecule has 5 rings (SSSR count). The summed E-state index contributed by atoms with van der Waals surface area (Å²) in [7, 11) is 0. The Morgan fingerprint density at radius 1 is 1.03 bits per heavy atom. The predicted octanol–water partition coefficient (Wildman–Crippen LogP) is 7.28. The van der Waals surface area contributed by atoms with Crippen molar-refractivity contribution in [3.8, 4) is 22.4 Å². The van der Waals surface area contributed by atoms with Crippen LogP contribution in [-0.4, -0.2) is 9.97 Å². The summed E-state index contributed by atoms with van der Waals surface area (Å²) >= 11 is 0. The van der Waals surface area contributed by atoms with Gasteiger partial charge in [0.2, 0.25) is 0 Å². The lowest BCUT2D eigenvalue weighted by molar-refractivity contribution is 0.630. The van der Waals surface area contributed by atoms with E-state index in [1.165, 1.54) is 33.4 Å². The molecule has 0 unspecified atom stereocenters. The fourth-order valence-corrected chi connectivity index (χ4v) is 4.87. The number of aromatic amines is 2. The molecule has 0 bridgehead atoms. The number of nitrogens with one attached hydrogen (secondary N) is 2. The van der Waals surface area contributed by atoms with Gasteiger partial charge >= 0.3 is 0 Å². The van der Waals surface area contributed by atoms with E-state index in [0.717, 1.165) is 34.3 Å². The molecule has 0 radical (unpaired) electrons. The molecule has 0 saturated heterocycles. The van der Waals surface area contributed by atoms with Crippen molar-refractivity contribution in [2.75, 3.05) is 0 Å². The van der Waals surface area contributed by atoms with Gasteiger partial charge in [-0.05, 0) is 72.2 Å². The maximum absolute atomic E-state index is 14.4. The Labute approximate surface area is 170 Å². The molecule has 0 amide bonds. The lowest BCUT2D eigenvalue weighted by Gasteiger charge is -2.17. The summed E-state index contributed by atoms with van der Waals surface area (Å²) in [5, 5.41) is 1.04. The lowest BCUT2D eigenvalue weighted by Crippen LogP contribution is -1.97. The van der Waals surface area contributed by atoms with E-state index < -0.39 is 0 Å². The minimum absolute atomic E-state index is 0.224. The van der Waals surface area contributed by atoms with Crippen LogP contribution < -0.4 is 0 Å². The monoisotopic (exact) mass is 384 g/mol. The first-order valence-electron chi connectivity index (χ1n) is 10.2. The number of halogens is 1. The van der Waals surface area contributed by atoms with Gasteiger partial charge in [0.15, 0.2) is 0 Å². The second kappa shape index (κ2) is 6.48. The lowest BCUT2D eigenvalue weighted by atomic mass is 9.86. The molecule has 2 N–H and O–H groups in total. The maximum atomic E-state index is 14.4. The fraction of sp³-hybridized carbons (Fsp3) is 0.231. The number of rotatable bonds is 3. The maximum Gasteiger partial charge on any atom is 0.125 e. The number of allylic oxidation sites excluding steroid dienone is 1. The standard InChI is InChI=1S/C26H25FN2/c1-14(2)23-25(24-15(3)8-9-17-6-5-7-19(17)24)16(4)29-26(23)21-12-18(27)13-22-20(21)10-11-28-22/h5,7-14,28-29H,6H2,1-4H3. The van der Waals surface area contributed by atoms with Gasteiger partial charge in [0.25, 0.3) is 0 Å². The molecular formula is C26H25FN2. The van der Waals surface area contributed by atoms with Crippen LogP contribution in [0.1, 0.15) is 47.7 Å². The highest BCUT2D eigenvalue weighted by Crippen LogP contribution is 2.45. The van der Waals surface area contributed by atoms with Gasteiger partial charge in [0, 0.05) is 33.9 Å². The summed E-state index contributed by atoms with van der Waals surface area (Å²) in [4.78, 5) is 6.78. The highest BCUT2D eigenvalue weighted by Gasteiger charge is 2.25. The van der Waals surface area contributed by atoms with E-state index in [4.69, 9.17) is 0 Å². The van der Waals surface area contributed by atoms with E-state index in [0.29, 0.717) is 5.92 Å². The van der Waals surface area contributed by atoms with Crippen LogP contribution in [0.5, 0.6) is 0 Å². The molecule has 0 spiro atoms.